The molecular weight excluding hydrogens is 473 g/mol. The zero-order valence-electron chi connectivity index (χ0n) is 19.2. The van der Waals surface area contributed by atoms with Crippen LogP contribution in [-0.2, 0) is 21.4 Å². The molecule has 3 aromatic carbocycles. The molecule has 0 aliphatic heterocycles. The van der Waals surface area contributed by atoms with Crippen LogP contribution in [0.1, 0.15) is 32.6 Å². The highest BCUT2D eigenvalue weighted by molar-refractivity contribution is 7.92. The molecule has 0 radical (unpaired) electrons. The summed E-state index contributed by atoms with van der Waals surface area (Å²) < 4.78 is 52.2. The van der Waals surface area contributed by atoms with Gasteiger partial charge < -0.3 is 9.15 Å². The highest BCUT2D eigenvalue weighted by atomic mass is 32.2. The van der Waals surface area contributed by atoms with E-state index in [2.05, 4.69) is 4.72 Å². The Morgan fingerprint density at radius 2 is 1.74 bits per heavy atom. The number of esters is 1. The zero-order valence-corrected chi connectivity index (χ0v) is 20.0. The van der Waals surface area contributed by atoms with Gasteiger partial charge in [-0.25, -0.2) is 22.4 Å². The maximum absolute atomic E-state index is 13.6. The number of ether oxygens (including phenoxy) is 1. The molecule has 0 aliphatic carbocycles. The molecule has 1 aromatic heterocycles. The van der Waals surface area contributed by atoms with E-state index in [4.69, 9.17) is 9.15 Å². The Labute approximate surface area is 201 Å². The lowest BCUT2D eigenvalue weighted by Crippen LogP contribution is -2.15. The van der Waals surface area contributed by atoms with E-state index in [1.54, 1.807) is 13.0 Å². The SMILES string of the molecule is Cc1ccc(F)cc1S(=O)(=O)Nc1cccc(C(=O)OCc2cc(=O)oc3c(C)c(C)ccc23)c1. The van der Waals surface area contributed by atoms with Crippen molar-refractivity contribution < 1.29 is 26.8 Å². The smallest absolute Gasteiger partial charge is 0.338 e. The first-order valence-electron chi connectivity index (χ1n) is 10.6. The van der Waals surface area contributed by atoms with E-state index in [0.717, 1.165) is 17.2 Å². The van der Waals surface area contributed by atoms with E-state index in [1.807, 2.05) is 19.9 Å². The summed E-state index contributed by atoms with van der Waals surface area (Å²) in [5.74, 6) is -1.39. The molecular formula is C26H22FNO6S. The first-order valence-corrected chi connectivity index (χ1v) is 12.1. The molecule has 0 saturated carbocycles. The molecule has 0 aliphatic rings. The maximum atomic E-state index is 13.6. The summed E-state index contributed by atoms with van der Waals surface area (Å²) in [6.45, 7) is 5.12. The average Bonchev–Trinajstić information content (AvgIpc) is 2.81. The molecule has 0 saturated heterocycles. The molecule has 0 spiro atoms. The number of benzene rings is 3. The lowest BCUT2D eigenvalue weighted by atomic mass is 10.0. The number of hydrogen-bond donors (Lipinski definition) is 1. The topological polar surface area (TPSA) is 103 Å². The fourth-order valence-corrected chi connectivity index (χ4v) is 4.96. The van der Waals surface area contributed by atoms with Gasteiger partial charge in [0.25, 0.3) is 10.0 Å². The van der Waals surface area contributed by atoms with E-state index in [9.17, 15) is 22.4 Å². The number of hydrogen-bond acceptors (Lipinski definition) is 6. The molecule has 0 atom stereocenters. The van der Waals surface area contributed by atoms with Gasteiger partial charge in [0.2, 0.25) is 0 Å². The largest absolute Gasteiger partial charge is 0.457 e. The highest BCUT2D eigenvalue weighted by Crippen LogP contribution is 2.25. The second-order valence-corrected chi connectivity index (χ2v) is 9.80. The number of aryl methyl sites for hydroxylation is 3. The summed E-state index contributed by atoms with van der Waals surface area (Å²) in [7, 11) is -4.09. The molecule has 0 amide bonds. The van der Waals surface area contributed by atoms with Gasteiger partial charge in [-0.1, -0.05) is 24.3 Å². The van der Waals surface area contributed by atoms with Gasteiger partial charge in [-0.05, 0) is 67.8 Å². The standard InChI is InChI=1S/C26H22FNO6S/c1-15-8-10-22-19(12-24(29)34-25(22)17(15)3)14-33-26(30)18-5-4-6-21(11-18)28-35(31,32)23-13-20(27)9-7-16(23)2/h4-13,28H,14H2,1-3H3. The number of carbonyl (C=O) groups excluding carboxylic acids is 1. The van der Waals surface area contributed by atoms with Crippen molar-refractivity contribution in [3.05, 3.63) is 105 Å². The van der Waals surface area contributed by atoms with Crippen molar-refractivity contribution in [3.8, 4) is 0 Å². The summed E-state index contributed by atoms with van der Waals surface area (Å²) in [6.07, 6.45) is 0. The van der Waals surface area contributed by atoms with Gasteiger partial charge in [0.15, 0.2) is 0 Å². The Kier molecular flexibility index (Phi) is 6.45. The first-order chi connectivity index (χ1) is 16.5. The molecule has 0 fully saturated rings. The van der Waals surface area contributed by atoms with Crippen molar-refractivity contribution >= 4 is 32.6 Å². The van der Waals surface area contributed by atoms with Crippen LogP contribution in [-0.4, -0.2) is 14.4 Å². The Balaban J connectivity index is 1.55. The molecule has 1 heterocycles. The Morgan fingerprint density at radius 3 is 2.51 bits per heavy atom. The molecule has 0 bridgehead atoms. The lowest BCUT2D eigenvalue weighted by Gasteiger charge is -2.12. The summed E-state index contributed by atoms with van der Waals surface area (Å²) in [5, 5.41) is 0.660. The minimum Gasteiger partial charge on any atom is -0.457 e. The van der Waals surface area contributed by atoms with Crippen molar-refractivity contribution in [1.29, 1.82) is 0 Å². The number of halogens is 1. The summed E-state index contributed by atoms with van der Waals surface area (Å²) in [4.78, 5) is 24.5. The summed E-state index contributed by atoms with van der Waals surface area (Å²) in [5.41, 5.74) is 2.74. The average molecular weight is 496 g/mol. The van der Waals surface area contributed by atoms with Crippen LogP contribution in [0, 0.1) is 26.6 Å². The van der Waals surface area contributed by atoms with E-state index >= 15 is 0 Å². The molecule has 180 valence electrons. The molecule has 35 heavy (non-hydrogen) atoms. The van der Waals surface area contributed by atoms with Crippen LogP contribution in [0.15, 0.2) is 74.8 Å². The second-order valence-electron chi connectivity index (χ2n) is 8.15. The van der Waals surface area contributed by atoms with Crippen molar-refractivity contribution in [3.63, 3.8) is 0 Å². The minimum absolute atomic E-state index is 0.0976. The number of fused-ring (bicyclic) bond motifs is 1. The fourth-order valence-electron chi connectivity index (χ4n) is 3.65. The first kappa shape index (κ1) is 24.2. The Morgan fingerprint density at radius 1 is 1.00 bits per heavy atom. The Bertz CT molecular complexity index is 1630. The van der Waals surface area contributed by atoms with Crippen LogP contribution >= 0.6 is 0 Å². The van der Waals surface area contributed by atoms with Crippen LogP contribution < -0.4 is 10.3 Å². The third-order valence-electron chi connectivity index (χ3n) is 5.67. The molecule has 4 rings (SSSR count). The van der Waals surface area contributed by atoms with Gasteiger partial charge in [-0.2, -0.15) is 0 Å². The number of carbonyl (C=O) groups is 1. The molecule has 7 nitrogen and oxygen atoms in total. The summed E-state index contributed by atoms with van der Waals surface area (Å²) >= 11 is 0. The van der Waals surface area contributed by atoms with E-state index in [0.29, 0.717) is 22.1 Å². The van der Waals surface area contributed by atoms with E-state index in [-0.39, 0.29) is 22.8 Å². The normalized spacial score (nSPS) is 11.4. The third kappa shape index (κ3) is 5.09. The molecule has 1 N–H and O–H groups in total. The van der Waals surface area contributed by atoms with Gasteiger partial charge >= 0.3 is 11.6 Å². The van der Waals surface area contributed by atoms with Crippen LogP contribution in [0.4, 0.5) is 10.1 Å². The zero-order chi connectivity index (χ0) is 25.3. The van der Waals surface area contributed by atoms with Gasteiger partial charge in [0.1, 0.15) is 18.0 Å². The van der Waals surface area contributed by atoms with E-state index in [1.165, 1.54) is 42.5 Å². The molecule has 0 unspecified atom stereocenters. The van der Waals surface area contributed by atoms with Gasteiger partial charge in [0, 0.05) is 22.7 Å². The minimum atomic E-state index is -4.09. The number of sulfonamides is 1. The number of nitrogens with one attached hydrogen (secondary N) is 1. The second kappa shape index (κ2) is 9.34. The number of anilines is 1. The highest BCUT2D eigenvalue weighted by Gasteiger charge is 2.19. The Hall–Kier alpha value is -3.98. The van der Waals surface area contributed by atoms with Crippen LogP contribution in [0.2, 0.25) is 0 Å². The van der Waals surface area contributed by atoms with E-state index < -0.39 is 27.4 Å². The van der Waals surface area contributed by atoms with Crippen LogP contribution in [0.3, 0.4) is 0 Å². The molecule has 9 heteroatoms. The predicted molar refractivity (Wildman–Crippen MR) is 129 cm³/mol. The van der Waals surface area contributed by atoms with Crippen LogP contribution in [0.25, 0.3) is 11.0 Å². The summed E-state index contributed by atoms with van der Waals surface area (Å²) in [6, 6.07) is 14.2. The molecule has 4 aromatic rings. The fraction of sp³-hybridized carbons (Fsp3) is 0.154. The van der Waals surface area contributed by atoms with Crippen molar-refractivity contribution in [2.24, 2.45) is 0 Å². The van der Waals surface area contributed by atoms with Crippen molar-refractivity contribution in [1.82, 2.24) is 0 Å². The quantitative estimate of drug-likeness (QED) is 0.298. The predicted octanol–water partition coefficient (Wildman–Crippen LogP) is 5.02. The maximum Gasteiger partial charge on any atom is 0.338 e. The van der Waals surface area contributed by atoms with Crippen molar-refractivity contribution in [2.45, 2.75) is 32.3 Å². The third-order valence-corrected chi connectivity index (χ3v) is 7.19. The van der Waals surface area contributed by atoms with Gasteiger partial charge in [-0.15, -0.1) is 0 Å². The lowest BCUT2D eigenvalue weighted by molar-refractivity contribution is 0.0474. The monoisotopic (exact) mass is 495 g/mol. The van der Waals surface area contributed by atoms with Crippen molar-refractivity contribution in [2.75, 3.05) is 4.72 Å². The van der Waals surface area contributed by atoms with Gasteiger partial charge in [0.05, 0.1) is 10.5 Å². The van der Waals surface area contributed by atoms with Crippen LogP contribution in [0.5, 0.6) is 0 Å². The van der Waals surface area contributed by atoms with Gasteiger partial charge in [-0.3, -0.25) is 4.72 Å². The number of rotatable bonds is 6.